The van der Waals surface area contributed by atoms with Crippen LogP contribution < -0.4 is 5.43 Å². The molecule has 10 heteroatoms. The number of hydrogen-bond acceptors (Lipinski definition) is 8. The number of rotatable bonds is 8. The van der Waals surface area contributed by atoms with E-state index in [4.69, 9.17) is 21.7 Å². The van der Waals surface area contributed by atoms with Crippen LogP contribution in [0.1, 0.15) is 17.5 Å². The van der Waals surface area contributed by atoms with Crippen LogP contribution in [0.15, 0.2) is 63.6 Å². The van der Waals surface area contributed by atoms with Gasteiger partial charge in [0.2, 0.25) is 0 Å². The number of piperazine rings is 1. The molecule has 0 bridgehead atoms. The van der Waals surface area contributed by atoms with Gasteiger partial charge in [-0.1, -0.05) is 41.9 Å². The van der Waals surface area contributed by atoms with Gasteiger partial charge in [-0.25, -0.2) is 9.79 Å². The molecular formula is C25H29ClN6O3. The predicted molar refractivity (Wildman–Crippen MR) is 138 cm³/mol. The first kappa shape index (κ1) is 25.0. The molecule has 0 amide bonds. The fourth-order valence-electron chi connectivity index (χ4n) is 4.10. The second kappa shape index (κ2) is 12.0. The number of aliphatic hydroxyl groups is 1. The number of fused-ring (bicyclic) bond motifs is 1. The number of nitrogens with one attached hydrogen (secondary N) is 1. The minimum Gasteiger partial charge on any atom is -0.477 e. The molecule has 0 saturated carbocycles. The molecule has 9 nitrogen and oxygen atoms in total. The molecule has 1 saturated heterocycles. The quantitative estimate of drug-likeness (QED) is 0.381. The van der Waals surface area contributed by atoms with Gasteiger partial charge in [0.15, 0.2) is 0 Å². The highest BCUT2D eigenvalue weighted by molar-refractivity contribution is 6.35. The fourth-order valence-corrected chi connectivity index (χ4v) is 4.28. The van der Waals surface area contributed by atoms with E-state index in [1.165, 1.54) is 0 Å². The largest absolute Gasteiger partial charge is 0.477 e. The minimum atomic E-state index is -1.06. The molecule has 0 radical (unpaired) electrons. The van der Waals surface area contributed by atoms with Crippen molar-refractivity contribution in [3.8, 4) is 0 Å². The van der Waals surface area contributed by atoms with E-state index in [0.717, 1.165) is 43.0 Å². The lowest BCUT2D eigenvalue weighted by Gasteiger charge is -2.34. The van der Waals surface area contributed by atoms with Crippen molar-refractivity contribution >= 4 is 40.5 Å². The van der Waals surface area contributed by atoms with Crippen LogP contribution in [0.3, 0.4) is 0 Å². The normalized spacial score (nSPS) is 17.3. The molecule has 0 atom stereocenters. The molecule has 0 spiro atoms. The Kier molecular flexibility index (Phi) is 8.59. The maximum atomic E-state index is 11.8. The Morgan fingerprint density at radius 1 is 1.06 bits per heavy atom. The molecule has 0 aliphatic carbocycles. The summed E-state index contributed by atoms with van der Waals surface area (Å²) in [6.07, 6.45) is 0.306. The van der Waals surface area contributed by atoms with Gasteiger partial charge in [0, 0.05) is 61.8 Å². The van der Waals surface area contributed by atoms with Crippen molar-refractivity contribution in [1.82, 2.24) is 15.2 Å². The van der Waals surface area contributed by atoms with Crippen molar-refractivity contribution in [2.75, 3.05) is 52.4 Å². The lowest BCUT2D eigenvalue weighted by molar-refractivity contribution is -0.129. The summed E-state index contributed by atoms with van der Waals surface area (Å²) >= 11 is 6.26. The molecule has 4 rings (SSSR count). The molecule has 2 aliphatic rings. The SMILES string of the molecule is O=C(O)/C(CCN1CCN(CCO)CC1)=N\NC1=Nc2ccc(Cl)cc2C(c2ccccc2)=NC1. The molecule has 0 unspecified atom stereocenters. The molecule has 2 aromatic carbocycles. The average Bonchev–Trinajstić information content (AvgIpc) is 3.04. The first-order valence-corrected chi connectivity index (χ1v) is 12.0. The summed E-state index contributed by atoms with van der Waals surface area (Å²) in [7, 11) is 0. The van der Waals surface area contributed by atoms with Crippen molar-refractivity contribution in [3.63, 3.8) is 0 Å². The summed E-state index contributed by atoms with van der Waals surface area (Å²) in [5.74, 6) is -0.609. The van der Waals surface area contributed by atoms with Crippen LogP contribution in [-0.4, -0.2) is 95.7 Å². The molecular weight excluding hydrogens is 468 g/mol. The van der Waals surface area contributed by atoms with Gasteiger partial charge in [-0.15, -0.1) is 0 Å². The third kappa shape index (κ3) is 6.73. The Labute approximate surface area is 209 Å². The van der Waals surface area contributed by atoms with E-state index in [1.54, 1.807) is 6.07 Å². The van der Waals surface area contributed by atoms with Crippen LogP contribution in [0, 0.1) is 0 Å². The van der Waals surface area contributed by atoms with Crippen LogP contribution >= 0.6 is 11.6 Å². The second-order valence-corrected chi connectivity index (χ2v) is 8.82. The Balaban J connectivity index is 1.46. The highest BCUT2D eigenvalue weighted by atomic mass is 35.5. The molecule has 2 aliphatic heterocycles. The monoisotopic (exact) mass is 496 g/mol. The maximum Gasteiger partial charge on any atom is 0.352 e. The van der Waals surface area contributed by atoms with Crippen molar-refractivity contribution in [3.05, 3.63) is 64.7 Å². The first-order valence-electron chi connectivity index (χ1n) is 11.6. The summed E-state index contributed by atoms with van der Waals surface area (Å²) in [5.41, 5.74) is 6.09. The van der Waals surface area contributed by atoms with Crippen molar-refractivity contribution in [2.45, 2.75) is 6.42 Å². The van der Waals surface area contributed by atoms with Crippen LogP contribution in [0.5, 0.6) is 0 Å². The van der Waals surface area contributed by atoms with E-state index in [0.29, 0.717) is 36.1 Å². The van der Waals surface area contributed by atoms with Crippen LogP contribution in [0.25, 0.3) is 0 Å². The number of carboxylic acids is 1. The molecule has 3 N–H and O–H groups in total. The van der Waals surface area contributed by atoms with Gasteiger partial charge >= 0.3 is 5.97 Å². The van der Waals surface area contributed by atoms with E-state index in [1.807, 2.05) is 42.5 Å². The van der Waals surface area contributed by atoms with E-state index in [9.17, 15) is 9.90 Å². The number of nitrogens with zero attached hydrogens (tertiary/aromatic N) is 5. The zero-order valence-electron chi connectivity index (χ0n) is 19.4. The average molecular weight is 497 g/mol. The Morgan fingerprint density at radius 2 is 1.77 bits per heavy atom. The third-order valence-electron chi connectivity index (χ3n) is 6.02. The summed E-state index contributed by atoms with van der Waals surface area (Å²) < 4.78 is 0. The van der Waals surface area contributed by atoms with Gasteiger partial charge in [0.25, 0.3) is 0 Å². The fraction of sp³-hybridized carbons (Fsp3) is 0.360. The van der Waals surface area contributed by atoms with Crippen LogP contribution in [0.4, 0.5) is 5.69 Å². The van der Waals surface area contributed by atoms with Gasteiger partial charge in [0.05, 0.1) is 24.6 Å². The Morgan fingerprint density at radius 3 is 2.46 bits per heavy atom. The number of halogens is 1. The zero-order chi connectivity index (χ0) is 24.6. The van der Waals surface area contributed by atoms with Crippen molar-refractivity contribution in [1.29, 1.82) is 0 Å². The topological polar surface area (TPSA) is 113 Å². The van der Waals surface area contributed by atoms with E-state index in [-0.39, 0.29) is 18.9 Å². The number of benzene rings is 2. The second-order valence-electron chi connectivity index (χ2n) is 8.38. The summed E-state index contributed by atoms with van der Waals surface area (Å²) in [5, 5.41) is 23.5. The highest BCUT2D eigenvalue weighted by Gasteiger charge is 2.20. The molecule has 2 aromatic rings. The van der Waals surface area contributed by atoms with Crippen LogP contribution in [0.2, 0.25) is 5.02 Å². The Bertz CT molecular complexity index is 1130. The van der Waals surface area contributed by atoms with Crippen LogP contribution in [-0.2, 0) is 4.79 Å². The number of hydrazone groups is 1. The number of β-amino-alcohol motifs (C(OH)–C–C–N with tert-alkyl or cyclic N) is 1. The van der Waals surface area contributed by atoms with E-state index in [2.05, 4.69) is 25.3 Å². The zero-order valence-corrected chi connectivity index (χ0v) is 20.2. The summed E-state index contributed by atoms with van der Waals surface area (Å²) in [6.45, 7) is 5.04. The molecule has 35 heavy (non-hydrogen) atoms. The van der Waals surface area contributed by atoms with Crippen molar-refractivity contribution in [2.24, 2.45) is 15.1 Å². The number of hydrogen-bond donors (Lipinski definition) is 3. The molecule has 2 heterocycles. The van der Waals surface area contributed by atoms with E-state index < -0.39 is 5.97 Å². The van der Waals surface area contributed by atoms with Gasteiger partial charge in [-0.2, -0.15) is 5.10 Å². The molecule has 184 valence electrons. The molecule has 0 aromatic heterocycles. The maximum absolute atomic E-state index is 11.8. The van der Waals surface area contributed by atoms with Gasteiger partial charge in [-0.05, 0) is 18.2 Å². The highest BCUT2D eigenvalue weighted by Crippen LogP contribution is 2.28. The van der Waals surface area contributed by atoms with Gasteiger partial charge in [-0.3, -0.25) is 15.3 Å². The predicted octanol–water partition coefficient (Wildman–Crippen LogP) is 2.25. The number of carboxylic acid groups (broad SMARTS) is 1. The summed E-state index contributed by atoms with van der Waals surface area (Å²) in [4.78, 5) is 25.6. The van der Waals surface area contributed by atoms with E-state index >= 15 is 0 Å². The number of aliphatic carboxylic acids is 1. The number of aliphatic imine (C=N–C) groups is 2. The third-order valence-corrected chi connectivity index (χ3v) is 6.25. The number of aliphatic hydroxyl groups excluding tert-OH is 1. The summed E-state index contributed by atoms with van der Waals surface area (Å²) in [6, 6.07) is 15.2. The first-order chi connectivity index (χ1) is 17.0. The van der Waals surface area contributed by atoms with Gasteiger partial charge < -0.3 is 15.1 Å². The lowest BCUT2D eigenvalue weighted by Crippen LogP contribution is -2.47. The van der Waals surface area contributed by atoms with Gasteiger partial charge in [0.1, 0.15) is 11.5 Å². The lowest BCUT2D eigenvalue weighted by atomic mass is 10.0. The number of amidine groups is 1. The minimum absolute atomic E-state index is 0.0401. The van der Waals surface area contributed by atoms with Crippen molar-refractivity contribution < 1.29 is 15.0 Å². The number of carbonyl (C=O) groups is 1. The molecule has 1 fully saturated rings. The standard InChI is InChI=1S/C25H29ClN6O3/c26-19-6-7-21-20(16-19)24(18-4-2-1-3-5-18)27-17-23(28-21)30-29-22(25(34)35)8-9-31-10-12-32(13-11-31)14-15-33/h1-7,16,33H,8-15,17H2,(H,28,30)(H,34,35)/b29-22-. The Hall–Kier alpha value is -3.11. The smallest absolute Gasteiger partial charge is 0.352 e.